The van der Waals surface area contributed by atoms with E-state index < -0.39 is 0 Å². The Bertz CT molecular complexity index is 479. The minimum atomic E-state index is 0.508. The lowest BCUT2D eigenvalue weighted by molar-refractivity contribution is 1.00. The van der Waals surface area contributed by atoms with Gasteiger partial charge in [-0.2, -0.15) is 0 Å². The molecule has 2 rings (SSSR count). The fourth-order valence-electron chi connectivity index (χ4n) is 1.39. The Hall–Kier alpha value is -0.930. The first kappa shape index (κ1) is 10.6. The second kappa shape index (κ2) is 4.29. The molecular formula is C11H11ClN2S. The van der Waals surface area contributed by atoms with Crippen LogP contribution in [0.15, 0.2) is 18.2 Å². The van der Waals surface area contributed by atoms with Crippen LogP contribution in [-0.4, -0.2) is 10.2 Å². The number of benzene rings is 1. The van der Waals surface area contributed by atoms with E-state index in [0.29, 0.717) is 4.47 Å². The highest BCUT2D eigenvalue weighted by atomic mass is 35.5. The van der Waals surface area contributed by atoms with Gasteiger partial charge in [-0.3, -0.25) is 0 Å². The van der Waals surface area contributed by atoms with Crippen LogP contribution in [0, 0.1) is 13.8 Å². The maximum atomic E-state index is 5.73. The van der Waals surface area contributed by atoms with Gasteiger partial charge in [-0.1, -0.05) is 29.5 Å². The van der Waals surface area contributed by atoms with Gasteiger partial charge in [0.1, 0.15) is 5.01 Å². The molecule has 0 aliphatic rings. The van der Waals surface area contributed by atoms with E-state index in [1.807, 2.05) is 0 Å². The molecule has 0 saturated heterocycles. The van der Waals surface area contributed by atoms with E-state index in [1.54, 1.807) is 0 Å². The molecule has 15 heavy (non-hydrogen) atoms. The van der Waals surface area contributed by atoms with Gasteiger partial charge < -0.3 is 0 Å². The lowest BCUT2D eigenvalue weighted by Crippen LogP contribution is -1.90. The third-order valence-corrected chi connectivity index (χ3v) is 3.39. The summed E-state index contributed by atoms with van der Waals surface area (Å²) in [6, 6.07) is 6.44. The highest BCUT2D eigenvalue weighted by Gasteiger charge is 2.03. The second-order valence-corrected chi connectivity index (χ2v) is 5.19. The van der Waals surface area contributed by atoms with E-state index in [-0.39, 0.29) is 0 Å². The summed E-state index contributed by atoms with van der Waals surface area (Å²) in [5.74, 6) is 0. The van der Waals surface area contributed by atoms with Crippen LogP contribution in [0.2, 0.25) is 4.47 Å². The zero-order valence-corrected chi connectivity index (χ0v) is 10.2. The Morgan fingerprint density at radius 1 is 1.20 bits per heavy atom. The minimum Gasteiger partial charge on any atom is -0.142 e. The summed E-state index contributed by atoms with van der Waals surface area (Å²) in [7, 11) is 0. The van der Waals surface area contributed by atoms with Gasteiger partial charge in [-0.15, -0.1) is 10.2 Å². The van der Waals surface area contributed by atoms with E-state index in [0.717, 1.165) is 11.4 Å². The summed E-state index contributed by atoms with van der Waals surface area (Å²) in [5.41, 5.74) is 3.88. The Morgan fingerprint density at radius 2 is 2.00 bits per heavy atom. The largest absolute Gasteiger partial charge is 0.207 e. The standard InChI is InChI=1S/C11H11ClN2S/c1-7-3-4-9(5-8(7)2)6-10-13-14-11(12)15-10/h3-5H,6H2,1-2H3. The molecule has 0 fully saturated rings. The summed E-state index contributed by atoms with van der Waals surface area (Å²) in [4.78, 5) is 0. The number of hydrogen-bond acceptors (Lipinski definition) is 3. The number of rotatable bonds is 2. The number of hydrogen-bond donors (Lipinski definition) is 0. The summed E-state index contributed by atoms with van der Waals surface area (Å²) in [5, 5.41) is 8.75. The Labute approximate surface area is 97.9 Å². The molecule has 0 amide bonds. The van der Waals surface area contributed by atoms with Crippen LogP contribution < -0.4 is 0 Å². The Kier molecular flexibility index (Phi) is 3.03. The molecule has 0 atom stereocenters. The number of halogens is 1. The van der Waals surface area contributed by atoms with Crippen molar-refractivity contribution >= 4 is 22.9 Å². The molecule has 4 heteroatoms. The van der Waals surface area contributed by atoms with Gasteiger partial charge in [-0.25, -0.2) is 0 Å². The monoisotopic (exact) mass is 238 g/mol. The van der Waals surface area contributed by atoms with Crippen molar-refractivity contribution in [1.82, 2.24) is 10.2 Å². The van der Waals surface area contributed by atoms with Gasteiger partial charge in [0, 0.05) is 6.42 Å². The highest BCUT2D eigenvalue weighted by Crippen LogP contribution is 2.19. The van der Waals surface area contributed by atoms with Crippen molar-refractivity contribution in [2.24, 2.45) is 0 Å². The summed E-state index contributed by atoms with van der Waals surface area (Å²) in [6.45, 7) is 4.23. The van der Waals surface area contributed by atoms with Gasteiger partial charge >= 0.3 is 0 Å². The van der Waals surface area contributed by atoms with Crippen molar-refractivity contribution in [3.8, 4) is 0 Å². The Balaban J connectivity index is 2.21. The lowest BCUT2D eigenvalue weighted by atomic mass is 10.0. The van der Waals surface area contributed by atoms with Crippen LogP contribution in [0.25, 0.3) is 0 Å². The molecule has 0 unspecified atom stereocenters. The molecule has 0 bridgehead atoms. The van der Waals surface area contributed by atoms with Gasteiger partial charge in [-0.05, 0) is 42.1 Å². The first-order valence-electron chi connectivity index (χ1n) is 4.69. The van der Waals surface area contributed by atoms with Crippen LogP contribution in [0.3, 0.4) is 0 Å². The second-order valence-electron chi connectivity index (χ2n) is 3.54. The summed E-state index contributed by atoms with van der Waals surface area (Å²) in [6.07, 6.45) is 0.811. The van der Waals surface area contributed by atoms with E-state index >= 15 is 0 Å². The lowest BCUT2D eigenvalue weighted by Gasteiger charge is -2.02. The predicted octanol–water partition coefficient (Wildman–Crippen LogP) is 3.40. The molecule has 1 heterocycles. The van der Waals surface area contributed by atoms with Gasteiger partial charge in [0.15, 0.2) is 0 Å². The molecule has 78 valence electrons. The van der Waals surface area contributed by atoms with Crippen molar-refractivity contribution in [1.29, 1.82) is 0 Å². The zero-order chi connectivity index (χ0) is 10.8. The third kappa shape index (κ3) is 2.55. The van der Waals surface area contributed by atoms with Crippen LogP contribution in [-0.2, 0) is 6.42 Å². The first-order chi connectivity index (χ1) is 7.15. The topological polar surface area (TPSA) is 25.8 Å². The smallest absolute Gasteiger partial charge is 0.142 e. The zero-order valence-electron chi connectivity index (χ0n) is 8.62. The van der Waals surface area contributed by atoms with Crippen molar-refractivity contribution in [3.05, 3.63) is 44.4 Å². The van der Waals surface area contributed by atoms with Gasteiger partial charge in [0.25, 0.3) is 0 Å². The maximum Gasteiger partial charge on any atom is 0.207 e. The summed E-state index contributed by atoms with van der Waals surface area (Å²) >= 11 is 7.16. The van der Waals surface area contributed by atoms with Crippen LogP contribution in [0.4, 0.5) is 0 Å². The van der Waals surface area contributed by atoms with Gasteiger partial charge in [0.05, 0.1) is 0 Å². The molecule has 2 aromatic rings. The molecular weight excluding hydrogens is 228 g/mol. The summed E-state index contributed by atoms with van der Waals surface area (Å²) < 4.78 is 0.508. The quantitative estimate of drug-likeness (QED) is 0.802. The van der Waals surface area contributed by atoms with Crippen LogP contribution in [0.1, 0.15) is 21.7 Å². The minimum absolute atomic E-state index is 0.508. The first-order valence-corrected chi connectivity index (χ1v) is 5.88. The molecule has 1 aromatic carbocycles. The molecule has 0 N–H and O–H groups in total. The van der Waals surface area contributed by atoms with Crippen molar-refractivity contribution < 1.29 is 0 Å². The van der Waals surface area contributed by atoms with E-state index in [9.17, 15) is 0 Å². The molecule has 0 saturated carbocycles. The van der Waals surface area contributed by atoms with E-state index in [4.69, 9.17) is 11.6 Å². The highest BCUT2D eigenvalue weighted by molar-refractivity contribution is 7.15. The number of nitrogens with zero attached hydrogens (tertiary/aromatic N) is 2. The van der Waals surface area contributed by atoms with Crippen molar-refractivity contribution in [2.75, 3.05) is 0 Å². The van der Waals surface area contributed by atoms with Gasteiger partial charge in [0.2, 0.25) is 4.47 Å². The van der Waals surface area contributed by atoms with Crippen LogP contribution >= 0.6 is 22.9 Å². The Morgan fingerprint density at radius 3 is 2.60 bits per heavy atom. The molecule has 1 aromatic heterocycles. The normalized spacial score (nSPS) is 10.6. The average molecular weight is 239 g/mol. The van der Waals surface area contributed by atoms with Crippen LogP contribution in [0.5, 0.6) is 0 Å². The number of aromatic nitrogens is 2. The average Bonchev–Trinajstić information content (AvgIpc) is 2.58. The SMILES string of the molecule is Cc1ccc(Cc2nnc(Cl)s2)cc1C. The molecule has 0 spiro atoms. The third-order valence-electron chi connectivity index (χ3n) is 2.37. The predicted molar refractivity (Wildman–Crippen MR) is 63.6 cm³/mol. The number of aryl methyl sites for hydroxylation is 2. The van der Waals surface area contributed by atoms with E-state index in [2.05, 4.69) is 42.2 Å². The fourth-order valence-corrected chi connectivity index (χ4v) is 2.29. The fraction of sp³-hybridized carbons (Fsp3) is 0.273. The van der Waals surface area contributed by atoms with E-state index in [1.165, 1.54) is 28.0 Å². The molecule has 0 aliphatic heterocycles. The van der Waals surface area contributed by atoms with Crippen molar-refractivity contribution in [3.63, 3.8) is 0 Å². The van der Waals surface area contributed by atoms with Crippen molar-refractivity contribution in [2.45, 2.75) is 20.3 Å². The molecule has 2 nitrogen and oxygen atoms in total. The molecule has 0 radical (unpaired) electrons. The molecule has 0 aliphatic carbocycles. The maximum absolute atomic E-state index is 5.73.